The number of halogens is 2. The first-order valence-corrected chi connectivity index (χ1v) is 11.4. The molecule has 1 fully saturated rings. The second kappa shape index (κ2) is 8.72. The molecule has 0 atom stereocenters. The van der Waals surface area contributed by atoms with Gasteiger partial charge in [-0.05, 0) is 71.2 Å². The van der Waals surface area contributed by atoms with E-state index in [9.17, 15) is 13.2 Å². The number of ether oxygens (including phenoxy) is 1. The molecule has 1 heterocycles. The van der Waals surface area contributed by atoms with Gasteiger partial charge in [-0.25, -0.2) is 8.42 Å². The molecular formula is C18H18Br2N2O4S. The van der Waals surface area contributed by atoms with Crippen molar-refractivity contribution in [3.05, 3.63) is 51.4 Å². The van der Waals surface area contributed by atoms with Gasteiger partial charge in [-0.1, -0.05) is 15.9 Å². The third-order valence-electron chi connectivity index (χ3n) is 4.09. The summed E-state index contributed by atoms with van der Waals surface area (Å²) < 4.78 is 33.6. The minimum atomic E-state index is -3.45. The van der Waals surface area contributed by atoms with Crippen LogP contribution in [0.5, 0.6) is 5.75 Å². The summed E-state index contributed by atoms with van der Waals surface area (Å²) in [6.45, 7) is 0.960. The molecule has 2 aromatic rings. The number of carbonyl (C=O) groups is 1. The van der Waals surface area contributed by atoms with E-state index in [1.54, 1.807) is 18.2 Å². The van der Waals surface area contributed by atoms with Crippen molar-refractivity contribution in [1.29, 1.82) is 0 Å². The van der Waals surface area contributed by atoms with Gasteiger partial charge in [0.25, 0.3) is 5.91 Å². The van der Waals surface area contributed by atoms with Crippen LogP contribution >= 0.6 is 31.9 Å². The van der Waals surface area contributed by atoms with Crippen molar-refractivity contribution >= 4 is 53.5 Å². The lowest BCUT2D eigenvalue weighted by Gasteiger charge is -2.15. The Morgan fingerprint density at radius 3 is 2.37 bits per heavy atom. The van der Waals surface area contributed by atoms with Gasteiger partial charge >= 0.3 is 0 Å². The Hall–Kier alpha value is -1.42. The molecule has 6 nitrogen and oxygen atoms in total. The maximum atomic E-state index is 12.5. The molecule has 1 N–H and O–H groups in total. The zero-order valence-corrected chi connectivity index (χ0v) is 18.3. The van der Waals surface area contributed by atoms with Crippen LogP contribution in [-0.2, 0) is 14.8 Å². The Balaban J connectivity index is 1.58. The second-order valence-corrected chi connectivity index (χ2v) is 9.76. The molecule has 1 saturated heterocycles. The summed E-state index contributed by atoms with van der Waals surface area (Å²) >= 11 is 6.72. The van der Waals surface area contributed by atoms with Crippen LogP contribution in [0.25, 0.3) is 0 Å². The van der Waals surface area contributed by atoms with Crippen molar-refractivity contribution < 1.29 is 17.9 Å². The van der Waals surface area contributed by atoms with Gasteiger partial charge in [-0.3, -0.25) is 4.79 Å². The SMILES string of the molecule is O=C(COc1ccc(Br)cc1Br)Nc1ccc(S(=O)(=O)N2CCCC2)cc1. The number of hydrogen-bond donors (Lipinski definition) is 1. The minimum absolute atomic E-state index is 0.159. The van der Waals surface area contributed by atoms with E-state index in [0.29, 0.717) is 24.5 Å². The predicted molar refractivity (Wildman–Crippen MR) is 110 cm³/mol. The molecule has 1 aliphatic heterocycles. The summed E-state index contributed by atoms with van der Waals surface area (Å²) in [5.74, 6) is 0.223. The smallest absolute Gasteiger partial charge is 0.262 e. The normalized spacial score (nSPS) is 14.9. The van der Waals surface area contributed by atoms with E-state index in [2.05, 4.69) is 37.2 Å². The van der Waals surface area contributed by atoms with Crippen LogP contribution in [0.1, 0.15) is 12.8 Å². The molecule has 1 amide bonds. The van der Waals surface area contributed by atoms with Crippen molar-refractivity contribution in [3.8, 4) is 5.75 Å². The number of hydrogen-bond acceptors (Lipinski definition) is 4. The molecular weight excluding hydrogens is 500 g/mol. The zero-order chi connectivity index (χ0) is 19.4. The van der Waals surface area contributed by atoms with Gasteiger partial charge in [0.15, 0.2) is 6.61 Å². The first-order valence-electron chi connectivity index (χ1n) is 8.34. The molecule has 0 aromatic heterocycles. The highest BCUT2D eigenvalue weighted by Crippen LogP contribution is 2.28. The lowest BCUT2D eigenvalue weighted by Crippen LogP contribution is -2.27. The van der Waals surface area contributed by atoms with Crippen LogP contribution < -0.4 is 10.1 Å². The molecule has 144 valence electrons. The van der Waals surface area contributed by atoms with Gasteiger partial charge in [0, 0.05) is 23.2 Å². The molecule has 9 heteroatoms. The monoisotopic (exact) mass is 516 g/mol. The van der Waals surface area contributed by atoms with E-state index >= 15 is 0 Å². The van der Waals surface area contributed by atoms with Gasteiger partial charge in [-0.2, -0.15) is 4.31 Å². The Labute approximate surface area is 175 Å². The maximum Gasteiger partial charge on any atom is 0.262 e. The highest BCUT2D eigenvalue weighted by molar-refractivity contribution is 9.11. The fraction of sp³-hybridized carbons (Fsp3) is 0.278. The van der Waals surface area contributed by atoms with Crippen LogP contribution in [-0.4, -0.2) is 38.3 Å². The zero-order valence-electron chi connectivity index (χ0n) is 14.3. The van der Waals surface area contributed by atoms with Gasteiger partial charge in [0.1, 0.15) is 5.75 Å². The highest BCUT2D eigenvalue weighted by atomic mass is 79.9. The molecule has 27 heavy (non-hydrogen) atoms. The maximum absolute atomic E-state index is 12.5. The predicted octanol–water partition coefficient (Wildman–Crippen LogP) is 4.01. The number of nitrogens with one attached hydrogen (secondary N) is 1. The number of benzene rings is 2. The number of anilines is 1. The topological polar surface area (TPSA) is 75.7 Å². The average molecular weight is 518 g/mol. The third-order valence-corrected chi connectivity index (χ3v) is 7.12. The molecule has 0 aliphatic carbocycles. The first kappa shape index (κ1) is 20.3. The van der Waals surface area contributed by atoms with Crippen LogP contribution in [0.2, 0.25) is 0 Å². The molecule has 3 rings (SSSR count). The molecule has 0 saturated carbocycles. The summed E-state index contributed by atoms with van der Waals surface area (Å²) in [7, 11) is -3.45. The number of nitrogens with zero attached hydrogens (tertiary/aromatic N) is 1. The summed E-state index contributed by atoms with van der Waals surface area (Å²) in [6, 6.07) is 11.6. The van der Waals surface area contributed by atoms with Crippen LogP contribution in [0.4, 0.5) is 5.69 Å². The lowest BCUT2D eigenvalue weighted by atomic mass is 10.3. The van der Waals surface area contributed by atoms with E-state index < -0.39 is 10.0 Å². The Bertz CT molecular complexity index is 927. The van der Waals surface area contributed by atoms with Crippen LogP contribution in [0.15, 0.2) is 56.3 Å². The van der Waals surface area contributed by atoms with E-state index in [-0.39, 0.29) is 17.4 Å². The van der Waals surface area contributed by atoms with Gasteiger partial charge in [-0.15, -0.1) is 0 Å². The first-order chi connectivity index (χ1) is 12.9. The molecule has 2 aromatic carbocycles. The summed E-state index contributed by atoms with van der Waals surface area (Å²) in [5, 5.41) is 2.69. The summed E-state index contributed by atoms with van der Waals surface area (Å²) in [6.07, 6.45) is 1.78. The number of sulfonamides is 1. The van der Waals surface area contributed by atoms with Crippen molar-refractivity contribution in [2.45, 2.75) is 17.7 Å². The Morgan fingerprint density at radius 2 is 1.74 bits per heavy atom. The van der Waals surface area contributed by atoms with E-state index in [1.165, 1.54) is 16.4 Å². The minimum Gasteiger partial charge on any atom is -0.483 e. The third kappa shape index (κ3) is 5.10. The lowest BCUT2D eigenvalue weighted by molar-refractivity contribution is -0.118. The number of carbonyl (C=O) groups excluding carboxylic acids is 1. The van der Waals surface area contributed by atoms with Crippen LogP contribution in [0.3, 0.4) is 0 Å². The van der Waals surface area contributed by atoms with E-state index in [1.807, 2.05) is 12.1 Å². The van der Waals surface area contributed by atoms with Crippen molar-refractivity contribution in [2.75, 3.05) is 25.0 Å². The molecule has 0 unspecified atom stereocenters. The van der Waals surface area contributed by atoms with Crippen molar-refractivity contribution in [1.82, 2.24) is 4.31 Å². The molecule has 0 radical (unpaired) electrons. The molecule has 1 aliphatic rings. The number of rotatable bonds is 6. The standard InChI is InChI=1S/C18H18Br2N2O4S/c19-13-3-8-17(16(20)11-13)26-12-18(23)21-14-4-6-15(7-5-14)27(24,25)22-9-1-2-10-22/h3-8,11H,1-2,9-10,12H2,(H,21,23). The summed E-state index contributed by atoms with van der Waals surface area (Å²) in [4.78, 5) is 12.3. The van der Waals surface area contributed by atoms with E-state index in [0.717, 1.165) is 21.8 Å². The van der Waals surface area contributed by atoms with Crippen LogP contribution in [0, 0.1) is 0 Å². The molecule has 0 bridgehead atoms. The average Bonchev–Trinajstić information content (AvgIpc) is 3.17. The van der Waals surface area contributed by atoms with Gasteiger partial charge in [0.2, 0.25) is 10.0 Å². The second-order valence-electron chi connectivity index (χ2n) is 6.05. The Morgan fingerprint density at radius 1 is 1.07 bits per heavy atom. The Kier molecular flexibility index (Phi) is 6.56. The van der Waals surface area contributed by atoms with E-state index in [4.69, 9.17) is 4.74 Å². The highest BCUT2D eigenvalue weighted by Gasteiger charge is 2.26. The molecule has 0 spiro atoms. The fourth-order valence-corrected chi connectivity index (χ4v) is 5.40. The van der Waals surface area contributed by atoms with Crippen molar-refractivity contribution in [2.24, 2.45) is 0 Å². The van der Waals surface area contributed by atoms with Crippen molar-refractivity contribution in [3.63, 3.8) is 0 Å². The fourth-order valence-electron chi connectivity index (χ4n) is 2.72. The largest absolute Gasteiger partial charge is 0.483 e. The van der Waals surface area contributed by atoms with Gasteiger partial charge in [0.05, 0.1) is 9.37 Å². The number of amides is 1. The quantitative estimate of drug-likeness (QED) is 0.628. The van der Waals surface area contributed by atoms with Gasteiger partial charge < -0.3 is 10.1 Å². The summed E-state index contributed by atoms with van der Waals surface area (Å²) in [5.41, 5.74) is 0.513.